The molecule has 0 atom stereocenters. The minimum atomic E-state index is -0.0860. The topological polar surface area (TPSA) is 59.9 Å². The number of rotatable bonds is 4. The van der Waals surface area contributed by atoms with Crippen LogP contribution in [0.4, 0.5) is 0 Å². The van der Waals surface area contributed by atoms with Crippen molar-refractivity contribution in [3.8, 4) is 16.9 Å². The van der Waals surface area contributed by atoms with E-state index in [0.29, 0.717) is 12.1 Å². The zero-order valence-corrected chi connectivity index (χ0v) is 13.5. The molecule has 2 heterocycles. The largest absolute Gasteiger partial charge is 0.497 e. The first kappa shape index (κ1) is 15.1. The van der Waals surface area contributed by atoms with Crippen LogP contribution < -0.4 is 10.3 Å². The van der Waals surface area contributed by atoms with Gasteiger partial charge in [0, 0.05) is 17.5 Å². The number of methoxy groups -OCH3 is 1. The summed E-state index contributed by atoms with van der Waals surface area (Å²) in [6, 6.07) is 9.76. The molecule has 0 unspecified atom stereocenters. The van der Waals surface area contributed by atoms with Crippen LogP contribution in [0, 0.1) is 13.8 Å². The van der Waals surface area contributed by atoms with Crippen LogP contribution >= 0.6 is 0 Å². The van der Waals surface area contributed by atoms with Crippen LogP contribution in [-0.2, 0) is 6.54 Å². The van der Waals surface area contributed by atoms with E-state index in [1.165, 1.54) is 0 Å². The van der Waals surface area contributed by atoms with Crippen molar-refractivity contribution in [1.82, 2.24) is 14.8 Å². The van der Waals surface area contributed by atoms with E-state index in [9.17, 15) is 4.79 Å². The van der Waals surface area contributed by atoms with Crippen LogP contribution in [0.15, 0.2) is 47.5 Å². The molecular formula is C18H19N3O2. The van der Waals surface area contributed by atoms with E-state index < -0.39 is 0 Å². The smallest absolute Gasteiger partial charge is 0.256 e. The SMILES string of the molecule is COc1ccc(Cn2cc(-c3cc(C)c(C)[nH]c3=O)cn2)cc1. The fraction of sp³-hybridized carbons (Fsp3) is 0.222. The van der Waals surface area contributed by atoms with E-state index in [1.54, 1.807) is 13.3 Å². The lowest BCUT2D eigenvalue weighted by Crippen LogP contribution is -2.11. The molecule has 23 heavy (non-hydrogen) atoms. The van der Waals surface area contributed by atoms with Crippen molar-refractivity contribution in [1.29, 1.82) is 0 Å². The Morgan fingerprint density at radius 3 is 2.65 bits per heavy atom. The monoisotopic (exact) mass is 309 g/mol. The number of nitrogens with zero attached hydrogens (tertiary/aromatic N) is 2. The van der Waals surface area contributed by atoms with Crippen LogP contribution in [-0.4, -0.2) is 21.9 Å². The second kappa shape index (κ2) is 6.12. The average Bonchev–Trinajstić information content (AvgIpc) is 3.00. The number of benzene rings is 1. The van der Waals surface area contributed by atoms with Crippen LogP contribution in [0.3, 0.4) is 0 Å². The van der Waals surface area contributed by atoms with Gasteiger partial charge < -0.3 is 9.72 Å². The molecule has 0 radical (unpaired) electrons. The van der Waals surface area contributed by atoms with E-state index in [-0.39, 0.29) is 5.56 Å². The molecule has 0 aliphatic rings. The van der Waals surface area contributed by atoms with Gasteiger partial charge in [0.1, 0.15) is 5.75 Å². The standard InChI is InChI=1S/C18H19N3O2/c1-12-8-17(18(22)20-13(12)2)15-9-19-21(11-15)10-14-4-6-16(23-3)7-5-14/h4-9,11H,10H2,1-3H3,(H,20,22). The summed E-state index contributed by atoms with van der Waals surface area (Å²) in [5.74, 6) is 0.830. The molecule has 0 saturated carbocycles. The lowest BCUT2D eigenvalue weighted by Gasteiger charge is -2.04. The van der Waals surface area contributed by atoms with Crippen molar-refractivity contribution in [2.45, 2.75) is 20.4 Å². The summed E-state index contributed by atoms with van der Waals surface area (Å²) < 4.78 is 6.98. The van der Waals surface area contributed by atoms with Gasteiger partial charge in [-0.1, -0.05) is 12.1 Å². The second-order valence-electron chi connectivity index (χ2n) is 5.59. The van der Waals surface area contributed by atoms with E-state index in [4.69, 9.17) is 4.74 Å². The number of hydrogen-bond donors (Lipinski definition) is 1. The third kappa shape index (κ3) is 3.18. The maximum absolute atomic E-state index is 12.1. The van der Waals surface area contributed by atoms with Crippen molar-refractivity contribution in [2.75, 3.05) is 7.11 Å². The molecule has 118 valence electrons. The normalized spacial score (nSPS) is 10.7. The van der Waals surface area contributed by atoms with Gasteiger partial charge in [-0.2, -0.15) is 5.10 Å². The molecule has 0 fully saturated rings. The number of H-pyrrole nitrogens is 1. The summed E-state index contributed by atoms with van der Waals surface area (Å²) in [4.78, 5) is 15.0. The molecule has 1 N–H and O–H groups in total. The Hall–Kier alpha value is -2.82. The van der Waals surface area contributed by atoms with Crippen LogP contribution in [0.5, 0.6) is 5.75 Å². The fourth-order valence-electron chi connectivity index (χ4n) is 2.45. The highest BCUT2D eigenvalue weighted by molar-refractivity contribution is 5.61. The first-order chi connectivity index (χ1) is 11.1. The second-order valence-corrected chi connectivity index (χ2v) is 5.59. The van der Waals surface area contributed by atoms with Crippen LogP contribution in [0.25, 0.3) is 11.1 Å². The van der Waals surface area contributed by atoms with E-state index >= 15 is 0 Å². The maximum atomic E-state index is 12.1. The Labute approximate surface area is 134 Å². The summed E-state index contributed by atoms with van der Waals surface area (Å²) in [5, 5.41) is 4.36. The summed E-state index contributed by atoms with van der Waals surface area (Å²) in [6.45, 7) is 4.52. The molecule has 0 aliphatic heterocycles. The number of aromatic nitrogens is 3. The Morgan fingerprint density at radius 1 is 1.22 bits per heavy atom. The van der Waals surface area contributed by atoms with Gasteiger partial charge in [-0.3, -0.25) is 9.48 Å². The van der Waals surface area contributed by atoms with Crippen molar-refractivity contribution >= 4 is 0 Å². The number of pyridine rings is 1. The number of aryl methyl sites for hydroxylation is 2. The molecule has 5 nitrogen and oxygen atoms in total. The van der Waals surface area contributed by atoms with Gasteiger partial charge in [0.2, 0.25) is 0 Å². The van der Waals surface area contributed by atoms with Gasteiger partial charge in [-0.05, 0) is 43.2 Å². The first-order valence-electron chi connectivity index (χ1n) is 7.43. The predicted octanol–water partition coefficient (Wildman–Crippen LogP) is 2.91. The number of hydrogen-bond acceptors (Lipinski definition) is 3. The predicted molar refractivity (Wildman–Crippen MR) is 89.9 cm³/mol. The van der Waals surface area contributed by atoms with Gasteiger partial charge in [0.25, 0.3) is 5.56 Å². The molecule has 5 heteroatoms. The van der Waals surface area contributed by atoms with Gasteiger partial charge >= 0.3 is 0 Å². The van der Waals surface area contributed by atoms with Crippen LogP contribution in [0.1, 0.15) is 16.8 Å². The molecule has 0 bridgehead atoms. The molecule has 0 aliphatic carbocycles. The van der Waals surface area contributed by atoms with Gasteiger partial charge in [-0.15, -0.1) is 0 Å². The Morgan fingerprint density at radius 2 is 1.96 bits per heavy atom. The fourth-order valence-corrected chi connectivity index (χ4v) is 2.45. The van der Waals surface area contributed by atoms with Crippen molar-refractivity contribution < 1.29 is 4.74 Å². The molecule has 0 saturated heterocycles. The van der Waals surface area contributed by atoms with Crippen molar-refractivity contribution in [3.63, 3.8) is 0 Å². The summed E-state index contributed by atoms with van der Waals surface area (Å²) >= 11 is 0. The van der Waals surface area contributed by atoms with E-state index in [0.717, 1.165) is 28.1 Å². The first-order valence-corrected chi connectivity index (χ1v) is 7.43. The minimum absolute atomic E-state index is 0.0860. The number of nitrogens with one attached hydrogen (secondary N) is 1. The molecule has 0 amide bonds. The highest BCUT2D eigenvalue weighted by Crippen LogP contribution is 2.18. The summed E-state index contributed by atoms with van der Waals surface area (Å²) in [6.07, 6.45) is 3.62. The van der Waals surface area contributed by atoms with Gasteiger partial charge in [-0.25, -0.2) is 0 Å². The maximum Gasteiger partial charge on any atom is 0.256 e. The quantitative estimate of drug-likeness (QED) is 0.806. The zero-order valence-electron chi connectivity index (χ0n) is 13.5. The minimum Gasteiger partial charge on any atom is -0.497 e. The lowest BCUT2D eigenvalue weighted by molar-refractivity contribution is 0.414. The molecule has 2 aromatic heterocycles. The lowest BCUT2D eigenvalue weighted by atomic mass is 10.1. The Kier molecular flexibility index (Phi) is 4.02. The van der Waals surface area contributed by atoms with Crippen molar-refractivity contribution in [2.24, 2.45) is 0 Å². The summed E-state index contributed by atoms with van der Waals surface area (Å²) in [5.41, 5.74) is 4.45. The van der Waals surface area contributed by atoms with Crippen molar-refractivity contribution in [3.05, 3.63) is 69.9 Å². The van der Waals surface area contributed by atoms with E-state index in [1.807, 2.05) is 55.1 Å². The third-order valence-electron chi connectivity index (χ3n) is 3.95. The Balaban J connectivity index is 1.85. The average molecular weight is 309 g/mol. The highest BCUT2D eigenvalue weighted by Gasteiger charge is 2.08. The van der Waals surface area contributed by atoms with Crippen LogP contribution in [0.2, 0.25) is 0 Å². The third-order valence-corrected chi connectivity index (χ3v) is 3.95. The zero-order chi connectivity index (χ0) is 16.4. The molecule has 1 aromatic carbocycles. The summed E-state index contributed by atoms with van der Waals surface area (Å²) in [7, 11) is 1.65. The number of ether oxygens (including phenoxy) is 1. The number of aromatic amines is 1. The molecule has 0 spiro atoms. The Bertz CT molecular complexity index is 876. The molecular weight excluding hydrogens is 290 g/mol. The van der Waals surface area contributed by atoms with Gasteiger partial charge in [0.05, 0.1) is 25.4 Å². The van der Waals surface area contributed by atoms with Gasteiger partial charge in [0.15, 0.2) is 0 Å². The molecule has 3 aromatic rings. The van der Waals surface area contributed by atoms with E-state index in [2.05, 4.69) is 10.1 Å². The molecule has 3 rings (SSSR count). The highest BCUT2D eigenvalue weighted by atomic mass is 16.5.